The van der Waals surface area contributed by atoms with Crippen LogP contribution in [0.1, 0.15) is 61.8 Å². The van der Waals surface area contributed by atoms with Crippen LogP contribution < -0.4 is 4.90 Å². The van der Waals surface area contributed by atoms with Crippen molar-refractivity contribution in [3.63, 3.8) is 0 Å². The lowest BCUT2D eigenvalue weighted by atomic mass is 9.76. The van der Waals surface area contributed by atoms with Gasteiger partial charge >= 0.3 is 0 Å². The van der Waals surface area contributed by atoms with Crippen LogP contribution in [0.2, 0.25) is 0 Å². The Morgan fingerprint density at radius 1 is 0.317 bits per heavy atom. The monoisotopic (exact) mass is 807 g/mol. The highest BCUT2D eigenvalue weighted by atomic mass is 15.1. The van der Waals surface area contributed by atoms with E-state index in [0.29, 0.717) is 0 Å². The van der Waals surface area contributed by atoms with Gasteiger partial charge in [0, 0.05) is 27.9 Å². The molecule has 1 saturated carbocycles. The van der Waals surface area contributed by atoms with E-state index in [4.69, 9.17) is 0 Å². The molecule has 0 radical (unpaired) electrons. The third-order valence-corrected chi connectivity index (χ3v) is 14.6. The van der Waals surface area contributed by atoms with E-state index >= 15 is 0 Å². The maximum atomic E-state index is 2.53. The van der Waals surface area contributed by atoms with E-state index in [1.807, 2.05) is 0 Å². The van der Waals surface area contributed by atoms with E-state index in [9.17, 15) is 0 Å². The number of hydrogen-bond donors (Lipinski definition) is 0. The minimum atomic E-state index is -0.109. The van der Waals surface area contributed by atoms with Crippen LogP contribution in [-0.4, -0.2) is 0 Å². The molecule has 1 heteroatoms. The summed E-state index contributed by atoms with van der Waals surface area (Å²) < 4.78 is 0. The second-order valence-corrected chi connectivity index (χ2v) is 18.4. The molecule has 3 aliphatic carbocycles. The molecule has 0 atom stereocenters. The Morgan fingerprint density at radius 2 is 0.794 bits per heavy atom. The fraction of sp³-hybridized carbons (Fsp3) is 0.129. The highest BCUT2D eigenvalue weighted by molar-refractivity contribution is 5.91. The SMILES string of the molecule is CC1(C)c2ccccc2-c2cccc(-c3cccc(N(c4ccc(-c5ccc(-c6ccccc6-c6ccccc6)cc5)cc4)c4ccc5c(c4)C4(CCCC4)c4ccccc4-5)c3)c21. The molecular weight excluding hydrogens is 759 g/mol. The fourth-order valence-corrected chi connectivity index (χ4v) is 11.7. The summed E-state index contributed by atoms with van der Waals surface area (Å²) in [6, 6.07) is 79.3. The van der Waals surface area contributed by atoms with E-state index in [2.05, 4.69) is 231 Å². The fourth-order valence-electron chi connectivity index (χ4n) is 11.7. The van der Waals surface area contributed by atoms with Crippen molar-refractivity contribution in [2.45, 2.75) is 50.4 Å². The molecule has 1 nitrogen and oxygen atoms in total. The molecule has 1 spiro atoms. The van der Waals surface area contributed by atoms with E-state index in [1.165, 1.54) is 120 Å². The Labute approximate surface area is 372 Å². The summed E-state index contributed by atoms with van der Waals surface area (Å²) in [5.41, 5.74) is 24.7. The van der Waals surface area contributed by atoms with Crippen molar-refractivity contribution in [2.75, 3.05) is 4.90 Å². The zero-order valence-corrected chi connectivity index (χ0v) is 36.0. The number of nitrogens with zero attached hydrogens (tertiary/aromatic N) is 1. The summed E-state index contributed by atoms with van der Waals surface area (Å²) in [5, 5.41) is 0. The topological polar surface area (TPSA) is 3.24 Å². The van der Waals surface area contributed by atoms with Crippen molar-refractivity contribution in [1.29, 1.82) is 0 Å². The number of fused-ring (bicyclic) bond motifs is 8. The van der Waals surface area contributed by atoms with E-state index in [1.54, 1.807) is 0 Å². The summed E-state index contributed by atoms with van der Waals surface area (Å²) in [6.45, 7) is 4.77. The number of anilines is 3. The van der Waals surface area contributed by atoms with Gasteiger partial charge < -0.3 is 4.90 Å². The first-order valence-corrected chi connectivity index (χ1v) is 22.7. The van der Waals surface area contributed by atoms with E-state index in [0.717, 1.165) is 11.4 Å². The van der Waals surface area contributed by atoms with E-state index in [-0.39, 0.29) is 10.8 Å². The summed E-state index contributed by atoms with van der Waals surface area (Å²) in [7, 11) is 0. The van der Waals surface area contributed by atoms with E-state index < -0.39 is 0 Å². The van der Waals surface area contributed by atoms with Crippen molar-refractivity contribution in [3.05, 3.63) is 235 Å². The summed E-state index contributed by atoms with van der Waals surface area (Å²) >= 11 is 0. The van der Waals surface area contributed by atoms with Crippen LogP contribution >= 0.6 is 0 Å². The highest BCUT2D eigenvalue weighted by Crippen LogP contribution is 2.58. The lowest BCUT2D eigenvalue weighted by molar-refractivity contribution is 0.550. The summed E-state index contributed by atoms with van der Waals surface area (Å²) in [5.74, 6) is 0. The Bertz CT molecular complexity index is 3180. The predicted molar refractivity (Wildman–Crippen MR) is 265 cm³/mol. The molecule has 0 amide bonds. The van der Waals surface area contributed by atoms with Crippen molar-refractivity contribution in [3.8, 4) is 66.8 Å². The predicted octanol–water partition coefficient (Wildman–Crippen LogP) is 17.0. The zero-order valence-electron chi connectivity index (χ0n) is 36.0. The smallest absolute Gasteiger partial charge is 0.0467 e. The molecule has 0 saturated heterocycles. The molecule has 0 unspecified atom stereocenters. The molecule has 0 heterocycles. The van der Waals surface area contributed by atoms with Crippen LogP contribution in [0.5, 0.6) is 0 Å². The Hall–Kier alpha value is -7.22. The van der Waals surface area contributed by atoms with Gasteiger partial charge in [-0.1, -0.05) is 203 Å². The average molecular weight is 808 g/mol. The molecule has 1 fully saturated rings. The molecule has 0 aromatic heterocycles. The Kier molecular flexibility index (Phi) is 8.76. The van der Waals surface area contributed by atoms with Crippen LogP contribution in [0.4, 0.5) is 17.1 Å². The normalized spacial score (nSPS) is 14.8. The van der Waals surface area contributed by atoms with Gasteiger partial charge in [0.1, 0.15) is 0 Å². The molecule has 0 N–H and O–H groups in total. The van der Waals surface area contributed by atoms with Crippen LogP contribution in [-0.2, 0) is 10.8 Å². The van der Waals surface area contributed by atoms with Crippen LogP contribution in [0.3, 0.4) is 0 Å². The van der Waals surface area contributed by atoms with Gasteiger partial charge in [-0.05, 0) is 138 Å². The van der Waals surface area contributed by atoms with Crippen LogP contribution in [0.15, 0.2) is 212 Å². The van der Waals surface area contributed by atoms with Gasteiger partial charge in [0.05, 0.1) is 0 Å². The Balaban J connectivity index is 0.955. The van der Waals surface area contributed by atoms with Crippen molar-refractivity contribution >= 4 is 17.1 Å². The van der Waals surface area contributed by atoms with Gasteiger partial charge in [0.25, 0.3) is 0 Å². The van der Waals surface area contributed by atoms with Crippen molar-refractivity contribution < 1.29 is 0 Å². The minimum absolute atomic E-state index is 0.0816. The number of benzene rings is 9. The third-order valence-electron chi connectivity index (χ3n) is 14.6. The van der Waals surface area contributed by atoms with Crippen molar-refractivity contribution in [2.24, 2.45) is 0 Å². The molecule has 302 valence electrons. The van der Waals surface area contributed by atoms with Gasteiger partial charge in [-0.25, -0.2) is 0 Å². The molecule has 9 aromatic rings. The first-order chi connectivity index (χ1) is 31.0. The number of rotatable bonds is 7. The standard InChI is InChI=1S/C62H49N/c1-61(2)57-26-10-8-23-54(57)56-25-15-24-52(60(56)61)46-18-14-19-48(40-46)63(49-36-37-55-53-22-9-11-27-58(53)62(59(55)41-49)38-12-13-39-62)47-34-32-43(33-35-47)42-28-30-45(31-29-42)51-21-7-6-20-50(51)44-16-4-3-5-17-44/h3-11,14-37,40-41H,12-13,38-39H2,1-2H3. The van der Waals surface area contributed by atoms with Gasteiger partial charge in [-0.15, -0.1) is 0 Å². The second kappa shape index (κ2) is 14.7. The van der Waals surface area contributed by atoms with Gasteiger partial charge in [0.15, 0.2) is 0 Å². The maximum absolute atomic E-state index is 2.53. The molecule has 63 heavy (non-hydrogen) atoms. The van der Waals surface area contributed by atoms with Crippen LogP contribution in [0, 0.1) is 0 Å². The molecule has 0 aliphatic heterocycles. The average Bonchev–Trinajstić information content (AvgIpc) is 4.02. The molecule has 9 aromatic carbocycles. The largest absolute Gasteiger partial charge is 0.310 e. The summed E-state index contributed by atoms with van der Waals surface area (Å²) in [6.07, 6.45) is 4.96. The second-order valence-electron chi connectivity index (χ2n) is 18.4. The lowest BCUT2D eigenvalue weighted by Gasteiger charge is -2.30. The quantitative estimate of drug-likeness (QED) is 0.155. The van der Waals surface area contributed by atoms with Gasteiger partial charge in [-0.2, -0.15) is 0 Å². The summed E-state index contributed by atoms with van der Waals surface area (Å²) in [4.78, 5) is 2.49. The van der Waals surface area contributed by atoms with Gasteiger partial charge in [0.2, 0.25) is 0 Å². The van der Waals surface area contributed by atoms with Crippen molar-refractivity contribution in [1.82, 2.24) is 0 Å². The minimum Gasteiger partial charge on any atom is -0.310 e. The Morgan fingerprint density at radius 3 is 1.51 bits per heavy atom. The third kappa shape index (κ3) is 5.98. The number of hydrogen-bond acceptors (Lipinski definition) is 1. The zero-order chi connectivity index (χ0) is 42.1. The first-order valence-electron chi connectivity index (χ1n) is 22.7. The van der Waals surface area contributed by atoms with Gasteiger partial charge in [-0.3, -0.25) is 0 Å². The maximum Gasteiger partial charge on any atom is 0.0467 e. The molecule has 12 rings (SSSR count). The first kappa shape index (κ1) is 37.5. The highest BCUT2D eigenvalue weighted by Gasteiger charge is 2.45. The lowest BCUT2D eigenvalue weighted by Crippen LogP contribution is -2.21. The van der Waals surface area contributed by atoms with Crippen LogP contribution in [0.25, 0.3) is 66.8 Å². The molecular formula is C62H49N. The molecule has 0 bridgehead atoms. The molecule has 3 aliphatic rings.